The predicted molar refractivity (Wildman–Crippen MR) is 73.6 cm³/mol. The van der Waals surface area contributed by atoms with Crippen molar-refractivity contribution in [1.82, 2.24) is 9.88 Å². The number of benzene rings is 1. The molecule has 3 rings (SSSR count). The summed E-state index contributed by atoms with van der Waals surface area (Å²) in [6, 6.07) is 9.19. The quantitative estimate of drug-likeness (QED) is 0.894. The summed E-state index contributed by atoms with van der Waals surface area (Å²) < 4.78 is 7.50. The Bertz CT molecular complexity index is 540. The van der Waals surface area contributed by atoms with Crippen LogP contribution in [0.25, 0.3) is 10.9 Å². The van der Waals surface area contributed by atoms with Gasteiger partial charge in [-0.15, -0.1) is 0 Å². The number of nitrogens with one attached hydrogen (secondary N) is 1. The Morgan fingerprint density at radius 2 is 2.11 bits per heavy atom. The van der Waals surface area contributed by atoms with Gasteiger partial charge in [0.25, 0.3) is 0 Å². The van der Waals surface area contributed by atoms with Crippen molar-refractivity contribution >= 4 is 10.9 Å². The second-order valence-electron chi connectivity index (χ2n) is 5.19. The van der Waals surface area contributed by atoms with Crippen molar-refractivity contribution in [3.8, 4) is 0 Å². The molecule has 0 aliphatic heterocycles. The van der Waals surface area contributed by atoms with Gasteiger partial charge in [-0.3, -0.25) is 0 Å². The minimum absolute atomic E-state index is 0.468. The van der Waals surface area contributed by atoms with Crippen molar-refractivity contribution in [1.29, 1.82) is 0 Å². The lowest BCUT2D eigenvalue weighted by atomic mass is 9.89. The second-order valence-corrected chi connectivity index (χ2v) is 5.19. The molecule has 0 spiro atoms. The molecule has 1 aliphatic rings. The Balaban J connectivity index is 1.68. The summed E-state index contributed by atoms with van der Waals surface area (Å²) in [5.74, 6) is 0. The third-order valence-corrected chi connectivity index (χ3v) is 3.99. The molecule has 0 amide bonds. The third kappa shape index (κ3) is 2.04. The molecule has 1 heterocycles. The van der Waals surface area contributed by atoms with E-state index in [9.17, 15) is 0 Å². The first-order chi connectivity index (χ1) is 8.78. The van der Waals surface area contributed by atoms with E-state index in [0.717, 1.165) is 19.4 Å². The third-order valence-electron chi connectivity index (χ3n) is 3.99. The summed E-state index contributed by atoms with van der Waals surface area (Å²) >= 11 is 0. The summed E-state index contributed by atoms with van der Waals surface area (Å²) in [7, 11) is 3.90. The first-order valence-corrected chi connectivity index (χ1v) is 6.57. The van der Waals surface area contributed by atoms with Crippen LogP contribution in [0.2, 0.25) is 0 Å². The Labute approximate surface area is 108 Å². The van der Waals surface area contributed by atoms with Crippen molar-refractivity contribution in [2.75, 3.05) is 7.11 Å². The zero-order chi connectivity index (χ0) is 12.5. The normalized spacial score (nSPS) is 23.2. The first-order valence-electron chi connectivity index (χ1n) is 6.57. The van der Waals surface area contributed by atoms with E-state index in [-0.39, 0.29) is 0 Å². The fourth-order valence-corrected chi connectivity index (χ4v) is 2.75. The zero-order valence-electron chi connectivity index (χ0n) is 11.0. The number of hydrogen-bond acceptors (Lipinski definition) is 2. The van der Waals surface area contributed by atoms with Crippen LogP contribution in [-0.2, 0) is 18.3 Å². The molecule has 0 radical (unpaired) electrons. The Hall–Kier alpha value is -1.32. The topological polar surface area (TPSA) is 26.2 Å². The summed E-state index contributed by atoms with van der Waals surface area (Å²) in [6.45, 7) is 0.947. The van der Waals surface area contributed by atoms with Crippen LogP contribution in [-0.4, -0.2) is 23.8 Å². The van der Waals surface area contributed by atoms with Crippen molar-refractivity contribution in [2.45, 2.75) is 31.5 Å². The maximum absolute atomic E-state index is 5.30. The van der Waals surface area contributed by atoms with Crippen LogP contribution in [0, 0.1) is 0 Å². The molecule has 1 fully saturated rings. The molecule has 1 aromatic heterocycles. The Morgan fingerprint density at radius 1 is 1.33 bits per heavy atom. The van der Waals surface area contributed by atoms with Crippen LogP contribution in [0.1, 0.15) is 18.4 Å². The monoisotopic (exact) mass is 244 g/mol. The second kappa shape index (κ2) is 4.75. The van der Waals surface area contributed by atoms with Gasteiger partial charge in [0.1, 0.15) is 0 Å². The molecular weight excluding hydrogens is 224 g/mol. The lowest BCUT2D eigenvalue weighted by Gasteiger charge is -2.34. The minimum atomic E-state index is 0.468. The van der Waals surface area contributed by atoms with Crippen molar-refractivity contribution < 1.29 is 4.74 Å². The van der Waals surface area contributed by atoms with E-state index in [1.54, 1.807) is 7.11 Å². The Morgan fingerprint density at radius 3 is 2.89 bits per heavy atom. The SMILES string of the molecule is COC1CC(NCc2cn(C)c3ccccc23)C1. The molecule has 3 heteroatoms. The molecular formula is C15H20N2O. The summed E-state index contributed by atoms with van der Waals surface area (Å²) in [4.78, 5) is 0. The molecule has 1 N–H and O–H groups in total. The molecule has 1 saturated carbocycles. The van der Waals surface area contributed by atoms with Gasteiger partial charge in [0, 0.05) is 43.8 Å². The average molecular weight is 244 g/mol. The first kappa shape index (κ1) is 11.8. The van der Waals surface area contributed by atoms with Crippen LogP contribution < -0.4 is 5.32 Å². The molecule has 0 bridgehead atoms. The number of nitrogens with zero attached hydrogens (tertiary/aromatic N) is 1. The summed E-state index contributed by atoms with van der Waals surface area (Å²) in [5, 5.41) is 4.97. The van der Waals surface area contributed by atoms with Gasteiger partial charge in [-0.05, 0) is 24.5 Å². The molecule has 2 aromatic rings. The van der Waals surface area contributed by atoms with Gasteiger partial charge >= 0.3 is 0 Å². The number of para-hydroxylation sites is 1. The number of fused-ring (bicyclic) bond motifs is 1. The number of ether oxygens (including phenoxy) is 1. The number of aromatic nitrogens is 1. The molecule has 0 atom stereocenters. The van der Waals surface area contributed by atoms with Crippen LogP contribution >= 0.6 is 0 Å². The molecule has 18 heavy (non-hydrogen) atoms. The van der Waals surface area contributed by atoms with E-state index in [0.29, 0.717) is 12.1 Å². The number of rotatable bonds is 4. The lowest BCUT2D eigenvalue weighted by molar-refractivity contribution is 0.0170. The van der Waals surface area contributed by atoms with Gasteiger partial charge < -0.3 is 14.6 Å². The summed E-state index contributed by atoms with van der Waals surface area (Å²) in [5.41, 5.74) is 2.69. The van der Waals surface area contributed by atoms with E-state index >= 15 is 0 Å². The van der Waals surface area contributed by atoms with Gasteiger partial charge in [0.15, 0.2) is 0 Å². The number of hydrogen-bond donors (Lipinski definition) is 1. The van der Waals surface area contributed by atoms with Crippen LogP contribution in [0.3, 0.4) is 0 Å². The lowest BCUT2D eigenvalue weighted by Crippen LogP contribution is -2.44. The predicted octanol–water partition coefficient (Wildman–Crippen LogP) is 2.45. The zero-order valence-corrected chi connectivity index (χ0v) is 11.0. The van der Waals surface area contributed by atoms with Gasteiger partial charge in [-0.2, -0.15) is 0 Å². The van der Waals surface area contributed by atoms with Crippen molar-refractivity contribution in [3.63, 3.8) is 0 Å². The molecule has 1 aliphatic carbocycles. The average Bonchev–Trinajstić information content (AvgIpc) is 2.66. The van der Waals surface area contributed by atoms with Crippen molar-refractivity contribution in [3.05, 3.63) is 36.0 Å². The van der Waals surface area contributed by atoms with Gasteiger partial charge in [-0.1, -0.05) is 18.2 Å². The maximum atomic E-state index is 5.30. The highest BCUT2D eigenvalue weighted by atomic mass is 16.5. The molecule has 96 valence electrons. The van der Waals surface area contributed by atoms with Crippen LogP contribution in [0.5, 0.6) is 0 Å². The van der Waals surface area contributed by atoms with E-state index in [1.807, 2.05) is 0 Å². The molecule has 0 unspecified atom stereocenters. The van der Waals surface area contributed by atoms with Crippen LogP contribution in [0.15, 0.2) is 30.5 Å². The fraction of sp³-hybridized carbons (Fsp3) is 0.467. The van der Waals surface area contributed by atoms with Gasteiger partial charge in [0.05, 0.1) is 6.10 Å². The number of methoxy groups -OCH3 is 1. The highest BCUT2D eigenvalue weighted by Gasteiger charge is 2.28. The van der Waals surface area contributed by atoms with Gasteiger partial charge in [-0.25, -0.2) is 0 Å². The van der Waals surface area contributed by atoms with E-state index < -0.39 is 0 Å². The van der Waals surface area contributed by atoms with E-state index in [1.165, 1.54) is 16.5 Å². The maximum Gasteiger partial charge on any atom is 0.0601 e. The van der Waals surface area contributed by atoms with E-state index in [2.05, 4.69) is 47.4 Å². The molecule has 0 saturated heterocycles. The number of aryl methyl sites for hydroxylation is 1. The Kier molecular flexibility index (Phi) is 3.10. The van der Waals surface area contributed by atoms with Crippen molar-refractivity contribution in [2.24, 2.45) is 7.05 Å². The van der Waals surface area contributed by atoms with Crippen LogP contribution in [0.4, 0.5) is 0 Å². The standard InChI is InChI=1S/C15H20N2O/c1-17-10-11(14-5-3-4-6-15(14)17)9-16-12-7-13(8-12)18-2/h3-6,10,12-13,16H,7-9H2,1-2H3. The largest absolute Gasteiger partial charge is 0.381 e. The summed E-state index contributed by atoms with van der Waals surface area (Å²) in [6.07, 6.45) is 4.97. The van der Waals surface area contributed by atoms with E-state index in [4.69, 9.17) is 4.74 Å². The molecule has 3 nitrogen and oxygen atoms in total. The van der Waals surface area contributed by atoms with Gasteiger partial charge in [0.2, 0.25) is 0 Å². The highest BCUT2D eigenvalue weighted by molar-refractivity contribution is 5.83. The minimum Gasteiger partial charge on any atom is -0.381 e. The smallest absolute Gasteiger partial charge is 0.0601 e. The molecule has 1 aromatic carbocycles. The highest BCUT2D eigenvalue weighted by Crippen LogP contribution is 2.24. The fourth-order valence-electron chi connectivity index (χ4n) is 2.75.